The highest BCUT2D eigenvalue weighted by Crippen LogP contribution is 2.34. The summed E-state index contributed by atoms with van der Waals surface area (Å²) in [5, 5.41) is 0. The van der Waals surface area contributed by atoms with Crippen LogP contribution in [0.5, 0.6) is 0 Å². The topological polar surface area (TPSA) is 74.8 Å². The Morgan fingerprint density at radius 1 is 0.304 bits per heavy atom. The molecular weight excluding hydrogens is 693 g/mol. The van der Waals surface area contributed by atoms with Crippen LogP contribution in [0, 0.1) is 0 Å². The molecule has 0 fully saturated rings. The monoisotopic (exact) mass is 724 g/mol. The van der Waals surface area contributed by atoms with E-state index in [9.17, 15) is 19.2 Å². The Morgan fingerprint density at radius 2 is 0.571 bits per heavy atom. The predicted octanol–water partition coefficient (Wildman–Crippen LogP) is 10.5. The highest BCUT2D eigenvalue weighted by atomic mass is 16.2. The van der Waals surface area contributed by atoms with Gasteiger partial charge >= 0.3 is 0 Å². The first-order valence-corrected chi connectivity index (χ1v) is 18.3. The molecule has 7 aromatic rings. The Hall–Kier alpha value is -7.70. The number of carbonyl (C=O) groups is 4. The van der Waals surface area contributed by atoms with E-state index in [2.05, 4.69) is 60.7 Å². The Balaban J connectivity index is 1.01. The van der Waals surface area contributed by atoms with Gasteiger partial charge in [0.1, 0.15) is 0 Å². The molecule has 6 heteroatoms. The van der Waals surface area contributed by atoms with Gasteiger partial charge in [-0.1, -0.05) is 133 Å². The zero-order valence-corrected chi connectivity index (χ0v) is 30.0. The molecule has 0 atom stereocenters. The van der Waals surface area contributed by atoms with E-state index < -0.39 is 0 Å². The van der Waals surface area contributed by atoms with E-state index in [4.69, 9.17) is 0 Å². The van der Waals surface area contributed by atoms with Crippen molar-refractivity contribution in [2.75, 3.05) is 9.80 Å². The summed E-state index contributed by atoms with van der Waals surface area (Å²) < 4.78 is 0. The van der Waals surface area contributed by atoms with Crippen molar-refractivity contribution in [3.63, 3.8) is 0 Å². The van der Waals surface area contributed by atoms with Gasteiger partial charge in [0, 0.05) is 0 Å². The van der Waals surface area contributed by atoms with Crippen molar-refractivity contribution in [2.45, 2.75) is 0 Å². The second kappa shape index (κ2) is 14.3. The Labute approximate surface area is 323 Å². The first-order chi connectivity index (χ1) is 27.4. The molecule has 0 unspecified atom stereocenters. The fourth-order valence-corrected chi connectivity index (χ4v) is 7.35. The molecule has 2 aliphatic heterocycles. The maximum atomic E-state index is 13.1. The minimum Gasteiger partial charge on any atom is -0.268 e. The van der Waals surface area contributed by atoms with Gasteiger partial charge in [0.25, 0.3) is 23.6 Å². The van der Waals surface area contributed by atoms with Crippen LogP contribution in [0.4, 0.5) is 11.4 Å². The Kier molecular flexibility index (Phi) is 8.69. The molecule has 2 heterocycles. The van der Waals surface area contributed by atoms with E-state index >= 15 is 0 Å². The lowest BCUT2D eigenvalue weighted by molar-refractivity contribution is 0.0910. The van der Waals surface area contributed by atoms with Crippen molar-refractivity contribution in [3.05, 3.63) is 238 Å². The minimum absolute atomic E-state index is 0.319. The van der Waals surface area contributed by atoms with Crippen LogP contribution in [0.25, 0.3) is 23.3 Å². The third-order valence-electron chi connectivity index (χ3n) is 10.2. The number of hydrogen-bond donors (Lipinski definition) is 0. The number of nitrogens with zero attached hydrogens (tertiary/aromatic N) is 2. The first kappa shape index (κ1) is 34.1. The van der Waals surface area contributed by atoms with Crippen LogP contribution in [-0.4, -0.2) is 23.6 Å². The van der Waals surface area contributed by atoms with Crippen LogP contribution in [-0.2, 0) is 0 Å². The molecule has 0 N–H and O–H groups in total. The molecule has 4 amide bonds. The van der Waals surface area contributed by atoms with E-state index in [0.29, 0.717) is 33.6 Å². The number of anilines is 2. The Bertz CT molecular complexity index is 2470. The summed E-state index contributed by atoms with van der Waals surface area (Å²) in [6.45, 7) is 0. The summed E-state index contributed by atoms with van der Waals surface area (Å²) in [7, 11) is 0. The number of benzene rings is 7. The molecule has 2 aliphatic rings. The van der Waals surface area contributed by atoms with Gasteiger partial charge < -0.3 is 0 Å². The van der Waals surface area contributed by atoms with E-state index in [1.807, 2.05) is 84.9 Å². The number of carbonyl (C=O) groups excluding carboxylic acids is 4. The molecule has 9 rings (SSSR count). The van der Waals surface area contributed by atoms with Gasteiger partial charge in [-0.3, -0.25) is 19.2 Å². The van der Waals surface area contributed by atoms with E-state index in [-0.39, 0.29) is 23.6 Å². The van der Waals surface area contributed by atoms with E-state index in [0.717, 1.165) is 44.5 Å². The average Bonchev–Trinajstić information content (AvgIpc) is 3.67. The molecular formula is C50H32N2O4. The molecule has 0 bridgehead atoms. The number of hydrogen-bond acceptors (Lipinski definition) is 4. The van der Waals surface area contributed by atoms with Gasteiger partial charge in [0.15, 0.2) is 0 Å². The molecule has 0 aliphatic carbocycles. The van der Waals surface area contributed by atoms with Crippen LogP contribution < -0.4 is 9.80 Å². The van der Waals surface area contributed by atoms with Gasteiger partial charge in [-0.05, 0) is 105 Å². The van der Waals surface area contributed by atoms with Crippen LogP contribution in [0.3, 0.4) is 0 Å². The van der Waals surface area contributed by atoms with Crippen molar-refractivity contribution in [1.29, 1.82) is 0 Å². The number of amides is 4. The van der Waals surface area contributed by atoms with Crippen LogP contribution in [0.15, 0.2) is 182 Å². The highest BCUT2D eigenvalue weighted by molar-refractivity contribution is 6.35. The summed E-state index contributed by atoms with van der Waals surface area (Å²) in [6.07, 6.45) is 4.27. The predicted molar refractivity (Wildman–Crippen MR) is 221 cm³/mol. The minimum atomic E-state index is -0.319. The zero-order chi connectivity index (χ0) is 38.2. The third kappa shape index (κ3) is 6.15. The van der Waals surface area contributed by atoms with Crippen LogP contribution in [0.2, 0.25) is 0 Å². The fourth-order valence-electron chi connectivity index (χ4n) is 7.35. The maximum absolute atomic E-state index is 13.1. The maximum Gasteiger partial charge on any atom is 0.266 e. The van der Waals surface area contributed by atoms with Crippen molar-refractivity contribution >= 4 is 58.3 Å². The van der Waals surface area contributed by atoms with Crippen LogP contribution >= 0.6 is 0 Å². The summed E-state index contributed by atoms with van der Waals surface area (Å²) in [6, 6.07) is 57.4. The smallest absolute Gasteiger partial charge is 0.266 e. The second-order valence-electron chi connectivity index (χ2n) is 13.6. The fraction of sp³-hybridized carbons (Fsp3) is 0. The SMILES string of the molecule is O=C1c2ccccc2C(=O)N1c1ccc(C(=Cc2ccc(C=C(c3ccccc3)c3ccc(N4C(=O)c5ccccc5C4=O)cc3)cc2)c2ccccc2)cc1. The molecule has 0 saturated carbocycles. The average molecular weight is 725 g/mol. The summed E-state index contributed by atoms with van der Waals surface area (Å²) in [5.74, 6) is -1.28. The number of rotatable bonds is 8. The second-order valence-corrected chi connectivity index (χ2v) is 13.6. The summed E-state index contributed by atoms with van der Waals surface area (Å²) >= 11 is 0. The lowest BCUT2D eigenvalue weighted by atomic mass is 9.94. The van der Waals surface area contributed by atoms with E-state index in [1.165, 1.54) is 9.80 Å². The highest BCUT2D eigenvalue weighted by Gasteiger charge is 2.37. The molecule has 0 saturated heterocycles. The van der Waals surface area contributed by atoms with Gasteiger partial charge in [-0.15, -0.1) is 0 Å². The summed E-state index contributed by atoms with van der Waals surface area (Å²) in [5.41, 5.74) is 10.6. The van der Waals surface area contributed by atoms with Gasteiger partial charge in [0.05, 0.1) is 33.6 Å². The van der Waals surface area contributed by atoms with Crippen molar-refractivity contribution in [1.82, 2.24) is 0 Å². The standard InChI is InChI=1S/C50H32N2O4/c53-47-41-15-7-8-16-42(41)48(54)51(47)39-27-23-37(24-28-39)45(35-11-3-1-4-12-35)31-33-19-21-34(22-20-33)32-46(36-13-5-2-6-14-36)38-25-29-40(30-26-38)52-49(55)43-17-9-10-18-44(43)50(52)56/h1-32H. The van der Waals surface area contributed by atoms with Crippen molar-refractivity contribution in [2.24, 2.45) is 0 Å². The largest absolute Gasteiger partial charge is 0.268 e. The van der Waals surface area contributed by atoms with Crippen molar-refractivity contribution < 1.29 is 19.2 Å². The van der Waals surface area contributed by atoms with E-state index in [1.54, 1.807) is 48.5 Å². The molecule has 56 heavy (non-hydrogen) atoms. The Morgan fingerprint density at radius 3 is 0.875 bits per heavy atom. The van der Waals surface area contributed by atoms with Gasteiger partial charge in [-0.2, -0.15) is 0 Å². The zero-order valence-electron chi connectivity index (χ0n) is 30.0. The number of fused-ring (bicyclic) bond motifs is 2. The molecule has 7 aromatic carbocycles. The van der Waals surface area contributed by atoms with Gasteiger partial charge in [0.2, 0.25) is 0 Å². The third-order valence-corrected chi connectivity index (χ3v) is 10.2. The molecule has 0 aromatic heterocycles. The lowest BCUT2D eigenvalue weighted by Crippen LogP contribution is -2.29. The first-order valence-electron chi connectivity index (χ1n) is 18.3. The van der Waals surface area contributed by atoms with Crippen LogP contribution in [0.1, 0.15) is 74.8 Å². The number of imide groups is 2. The molecule has 266 valence electrons. The quantitative estimate of drug-likeness (QED) is 0.116. The lowest BCUT2D eigenvalue weighted by Gasteiger charge is -2.16. The van der Waals surface area contributed by atoms with Gasteiger partial charge in [-0.25, -0.2) is 9.80 Å². The molecule has 0 spiro atoms. The normalized spacial score (nSPS) is 14.0. The molecule has 0 radical (unpaired) electrons. The molecule has 6 nitrogen and oxygen atoms in total. The van der Waals surface area contributed by atoms with Crippen molar-refractivity contribution in [3.8, 4) is 0 Å². The summed E-state index contributed by atoms with van der Waals surface area (Å²) in [4.78, 5) is 55.0.